The summed E-state index contributed by atoms with van der Waals surface area (Å²) in [6.07, 6.45) is 1.43. The molecule has 1 fully saturated rings. The Labute approximate surface area is 107 Å². The Morgan fingerprint density at radius 2 is 2.33 bits per heavy atom. The summed E-state index contributed by atoms with van der Waals surface area (Å²) in [6, 6.07) is 0.453. The van der Waals surface area contributed by atoms with E-state index in [0.717, 1.165) is 26.2 Å². The number of aromatic amines is 1. The molecule has 6 heteroatoms. The van der Waals surface area contributed by atoms with Crippen molar-refractivity contribution in [3.63, 3.8) is 0 Å². The lowest BCUT2D eigenvalue weighted by Crippen LogP contribution is -2.52. The van der Waals surface area contributed by atoms with Crippen molar-refractivity contribution in [3.8, 4) is 5.75 Å². The number of hydrogen-bond acceptors (Lipinski definition) is 5. The van der Waals surface area contributed by atoms with Crippen LogP contribution in [0.5, 0.6) is 5.75 Å². The van der Waals surface area contributed by atoms with Crippen LogP contribution in [0.3, 0.4) is 0 Å². The van der Waals surface area contributed by atoms with Gasteiger partial charge in [0.15, 0.2) is 5.82 Å². The molecule has 1 aliphatic rings. The molecular formula is C12H20N4O2. The van der Waals surface area contributed by atoms with Crippen LogP contribution in [0, 0.1) is 0 Å². The molecule has 1 unspecified atom stereocenters. The molecule has 2 rings (SSSR count). The van der Waals surface area contributed by atoms with Gasteiger partial charge >= 0.3 is 0 Å². The number of nitrogens with one attached hydrogen (secondary N) is 1. The van der Waals surface area contributed by atoms with E-state index in [1.54, 1.807) is 0 Å². The molecule has 1 aliphatic heterocycles. The van der Waals surface area contributed by atoms with Gasteiger partial charge in [0.1, 0.15) is 0 Å². The average Bonchev–Trinajstić information content (AvgIpc) is 2.38. The highest BCUT2D eigenvalue weighted by Gasteiger charge is 2.25. The Kier molecular flexibility index (Phi) is 3.86. The van der Waals surface area contributed by atoms with Gasteiger partial charge in [-0.1, -0.05) is 6.92 Å². The second-order valence-corrected chi connectivity index (χ2v) is 4.51. The van der Waals surface area contributed by atoms with E-state index in [9.17, 15) is 4.79 Å². The van der Waals surface area contributed by atoms with E-state index in [1.807, 2.05) is 0 Å². The Morgan fingerprint density at radius 3 is 2.94 bits per heavy atom. The van der Waals surface area contributed by atoms with Gasteiger partial charge < -0.3 is 14.6 Å². The van der Waals surface area contributed by atoms with Crippen LogP contribution in [0.1, 0.15) is 13.8 Å². The van der Waals surface area contributed by atoms with E-state index < -0.39 is 0 Å². The average molecular weight is 252 g/mol. The zero-order valence-electron chi connectivity index (χ0n) is 11.1. The fraction of sp³-hybridized carbons (Fsp3) is 0.667. The van der Waals surface area contributed by atoms with Gasteiger partial charge in [0.2, 0.25) is 5.75 Å². The minimum atomic E-state index is -0.229. The molecule has 0 aromatic carbocycles. The van der Waals surface area contributed by atoms with E-state index in [1.165, 1.54) is 13.4 Å². The van der Waals surface area contributed by atoms with Crippen molar-refractivity contribution in [1.29, 1.82) is 0 Å². The first-order valence-electron chi connectivity index (χ1n) is 6.28. The predicted octanol–water partition coefficient (Wildman–Crippen LogP) is 0.309. The van der Waals surface area contributed by atoms with Crippen molar-refractivity contribution >= 4 is 5.82 Å². The van der Waals surface area contributed by atoms with Gasteiger partial charge in [0, 0.05) is 25.7 Å². The summed E-state index contributed by atoms with van der Waals surface area (Å²) < 4.78 is 5.16. The number of ether oxygens (including phenoxy) is 1. The van der Waals surface area contributed by atoms with Crippen molar-refractivity contribution in [3.05, 3.63) is 16.7 Å². The molecule has 1 aromatic rings. The Hall–Kier alpha value is -1.56. The van der Waals surface area contributed by atoms with Gasteiger partial charge in [-0.3, -0.25) is 9.69 Å². The van der Waals surface area contributed by atoms with Crippen LogP contribution in [0.2, 0.25) is 0 Å². The normalized spacial score (nSPS) is 21.1. The van der Waals surface area contributed by atoms with Gasteiger partial charge in [-0.15, -0.1) is 0 Å². The van der Waals surface area contributed by atoms with Gasteiger partial charge in [-0.2, -0.15) is 0 Å². The van der Waals surface area contributed by atoms with Crippen molar-refractivity contribution in [2.75, 3.05) is 38.2 Å². The number of rotatable bonds is 3. The maximum Gasteiger partial charge on any atom is 0.295 e. The van der Waals surface area contributed by atoms with Crippen LogP contribution in [-0.2, 0) is 0 Å². The van der Waals surface area contributed by atoms with E-state index >= 15 is 0 Å². The molecule has 0 aliphatic carbocycles. The summed E-state index contributed by atoms with van der Waals surface area (Å²) in [5.41, 5.74) is -0.229. The fourth-order valence-corrected chi connectivity index (χ4v) is 2.44. The zero-order valence-corrected chi connectivity index (χ0v) is 11.1. The SMILES string of the molecule is CCN1CCN(c2nc[nH]c(=O)c2OC)CC1C. The molecule has 0 amide bonds. The topological polar surface area (TPSA) is 61.5 Å². The minimum absolute atomic E-state index is 0.229. The summed E-state index contributed by atoms with van der Waals surface area (Å²) in [4.78, 5) is 23.0. The quantitative estimate of drug-likeness (QED) is 0.839. The molecule has 0 saturated carbocycles. The van der Waals surface area contributed by atoms with E-state index in [2.05, 4.69) is 33.6 Å². The third-order valence-corrected chi connectivity index (χ3v) is 3.47. The second kappa shape index (κ2) is 5.39. The molecule has 2 heterocycles. The predicted molar refractivity (Wildman–Crippen MR) is 70.3 cm³/mol. The van der Waals surface area contributed by atoms with Crippen molar-refractivity contribution in [1.82, 2.24) is 14.9 Å². The third-order valence-electron chi connectivity index (χ3n) is 3.47. The molecular weight excluding hydrogens is 232 g/mol. The highest BCUT2D eigenvalue weighted by Crippen LogP contribution is 2.23. The lowest BCUT2D eigenvalue weighted by atomic mass is 10.2. The highest BCUT2D eigenvalue weighted by molar-refractivity contribution is 5.51. The maximum atomic E-state index is 11.7. The van der Waals surface area contributed by atoms with Gasteiger partial charge in [0.05, 0.1) is 13.4 Å². The number of H-pyrrole nitrogens is 1. The molecule has 1 N–H and O–H groups in total. The number of piperazine rings is 1. The van der Waals surface area contributed by atoms with Gasteiger partial charge in [-0.25, -0.2) is 4.98 Å². The Morgan fingerprint density at radius 1 is 1.56 bits per heavy atom. The molecule has 0 radical (unpaired) electrons. The summed E-state index contributed by atoms with van der Waals surface area (Å²) >= 11 is 0. The largest absolute Gasteiger partial charge is 0.489 e. The molecule has 18 heavy (non-hydrogen) atoms. The molecule has 100 valence electrons. The zero-order chi connectivity index (χ0) is 13.1. The standard InChI is InChI=1S/C12H20N4O2/c1-4-15-5-6-16(7-9(15)2)11-10(18-3)12(17)14-8-13-11/h8-9H,4-7H2,1-3H3,(H,13,14,17). The molecule has 0 spiro atoms. The van der Waals surface area contributed by atoms with E-state index in [0.29, 0.717) is 17.6 Å². The lowest BCUT2D eigenvalue weighted by molar-refractivity contribution is 0.198. The summed E-state index contributed by atoms with van der Waals surface area (Å²) in [5, 5.41) is 0. The van der Waals surface area contributed by atoms with Crippen LogP contribution < -0.4 is 15.2 Å². The third kappa shape index (κ3) is 2.33. The number of methoxy groups -OCH3 is 1. The highest BCUT2D eigenvalue weighted by atomic mass is 16.5. The number of aromatic nitrogens is 2. The smallest absolute Gasteiger partial charge is 0.295 e. The fourth-order valence-electron chi connectivity index (χ4n) is 2.44. The first kappa shape index (κ1) is 12.9. The molecule has 1 atom stereocenters. The summed E-state index contributed by atoms with van der Waals surface area (Å²) in [7, 11) is 1.50. The van der Waals surface area contributed by atoms with E-state index in [-0.39, 0.29) is 5.56 Å². The van der Waals surface area contributed by atoms with Crippen molar-refractivity contribution < 1.29 is 4.74 Å². The van der Waals surface area contributed by atoms with Gasteiger partial charge in [-0.05, 0) is 13.5 Å². The van der Waals surface area contributed by atoms with Crippen LogP contribution in [0.25, 0.3) is 0 Å². The first-order chi connectivity index (χ1) is 8.67. The van der Waals surface area contributed by atoms with Crippen LogP contribution >= 0.6 is 0 Å². The monoisotopic (exact) mass is 252 g/mol. The number of nitrogens with zero attached hydrogens (tertiary/aromatic N) is 3. The maximum absolute atomic E-state index is 11.7. The van der Waals surface area contributed by atoms with Crippen molar-refractivity contribution in [2.45, 2.75) is 19.9 Å². The number of likely N-dealkylation sites (N-methyl/N-ethyl adjacent to an activating group) is 1. The van der Waals surface area contributed by atoms with E-state index in [4.69, 9.17) is 4.74 Å². The molecule has 6 nitrogen and oxygen atoms in total. The van der Waals surface area contributed by atoms with Crippen LogP contribution in [0.15, 0.2) is 11.1 Å². The van der Waals surface area contributed by atoms with Crippen molar-refractivity contribution in [2.24, 2.45) is 0 Å². The number of anilines is 1. The first-order valence-corrected chi connectivity index (χ1v) is 6.28. The lowest BCUT2D eigenvalue weighted by Gasteiger charge is -2.40. The molecule has 0 bridgehead atoms. The Bertz CT molecular complexity index is 460. The molecule has 1 saturated heterocycles. The Balaban J connectivity index is 2.23. The van der Waals surface area contributed by atoms with Crippen LogP contribution in [0.4, 0.5) is 5.82 Å². The van der Waals surface area contributed by atoms with Crippen LogP contribution in [-0.4, -0.2) is 54.2 Å². The minimum Gasteiger partial charge on any atom is -0.489 e. The molecule has 1 aromatic heterocycles. The summed E-state index contributed by atoms with van der Waals surface area (Å²) in [5.74, 6) is 0.943. The second-order valence-electron chi connectivity index (χ2n) is 4.51. The number of hydrogen-bond donors (Lipinski definition) is 1. The van der Waals surface area contributed by atoms with Gasteiger partial charge in [0.25, 0.3) is 5.56 Å². The summed E-state index contributed by atoms with van der Waals surface area (Å²) in [6.45, 7) is 8.11.